The van der Waals surface area contributed by atoms with Crippen LogP contribution in [0.25, 0.3) is 0 Å². The maximum atomic E-state index is 13.6. The van der Waals surface area contributed by atoms with Crippen LogP contribution in [0.1, 0.15) is 0 Å². The number of nitro groups is 1. The largest absolute Gasteiger partial charge is 0.276 e. The Balaban J connectivity index is 2.56. The van der Waals surface area contributed by atoms with E-state index in [1.54, 1.807) is 4.72 Å². The van der Waals surface area contributed by atoms with Gasteiger partial charge in [0.15, 0.2) is 11.6 Å². The second kappa shape index (κ2) is 6.46. The van der Waals surface area contributed by atoms with Gasteiger partial charge in [0.2, 0.25) is 0 Å². The first kappa shape index (κ1) is 18.3. The van der Waals surface area contributed by atoms with E-state index in [2.05, 4.69) is 0 Å². The van der Waals surface area contributed by atoms with E-state index in [0.29, 0.717) is 6.07 Å². The zero-order valence-corrected chi connectivity index (χ0v) is 13.5. The van der Waals surface area contributed by atoms with Crippen molar-refractivity contribution < 1.29 is 26.5 Å². The van der Waals surface area contributed by atoms with E-state index in [4.69, 9.17) is 23.2 Å². The first-order valence-corrected chi connectivity index (χ1v) is 8.07. The van der Waals surface area contributed by atoms with Crippen LogP contribution in [0.15, 0.2) is 29.2 Å². The minimum atomic E-state index is -4.67. The Morgan fingerprint density at radius 1 is 1.00 bits per heavy atom. The average molecular weight is 401 g/mol. The van der Waals surface area contributed by atoms with E-state index < -0.39 is 58.7 Å². The van der Waals surface area contributed by atoms with E-state index in [1.807, 2.05) is 0 Å². The number of nitro benzene ring substituents is 1. The zero-order chi connectivity index (χ0) is 18.2. The van der Waals surface area contributed by atoms with E-state index in [1.165, 1.54) is 0 Å². The molecule has 0 saturated heterocycles. The molecule has 0 heterocycles. The number of halogens is 5. The van der Waals surface area contributed by atoms with E-state index in [0.717, 1.165) is 6.07 Å². The first-order valence-electron chi connectivity index (χ1n) is 5.83. The van der Waals surface area contributed by atoms with Crippen LogP contribution in [-0.2, 0) is 10.0 Å². The van der Waals surface area contributed by atoms with Gasteiger partial charge in [-0.25, -0.2) is 21.6 Å². The molecule has 2 aromatic carbocycles. The van der Waals surface area contributed by atoms with Crippen LogP contribution in [0.3, 0.4) is 0 Å². The summed E-state index contributed by atoms with van der Waals surface area (Å²) in [6, 6.07) is 1.82. The van der Waals surface area contributed by atoms with Crippen LogP contribution in [-0.4, -0.2) is 13.3 Å². The molecule has 2 aromatic rings. The maximum absolute atomic E-state index is 13.6. The lowest BCUT2D eigenvalue weighted by molar-refractivity contribution is -0.385. The number of nitrogens with one attached hydrogen (secondary N) is 1. The zero-order valence-electron chi connectivity index (χ0n) is 11.2. The molecule has 0 aliphatic heterocycles. The van der Waals surface area contributed by atoms with Gasteiger partial charge in [0.05, 0.1) is 20.7 Å². The standard InChI is InChI=1S/C12H5Cl2F3N2O4S/c13-6-1-5(19(20)21)2-11(12(6)14)24(22,23)18-10-4-8(16)7(15)3-9(10)17/h1-4,18H. The van der Waals surface area contributed by atoms with Crippen molar-refractivity contribution in [3.63, 3.8) is 0 Å². The van der Waals surface area contributed by atoms with Crippen molar-refractivity contribution in [1.82, 2.24) is 0 Å². The van der Waals surface area contributed by atoms with Gasteiger partial charge in [-0.05, 0) is 0 Å². The molecule has 0 unspecified atom stereocenters. The fraction of sp³-hybridized carbons (Fsp3) is 0. The Hall–Kier alpha value is -2.04. The highest BCUT2D eigenvalue weighted by atomic mass is 35.5. The third kappa shape index (κ3) is 3.55. The molecule has 0 atom stereocenters. The Bertz CT molecular complexity index is 954. The van der Waals surface area contributed by atoms with Crippen molar-refractivity contribution in [1.29, 1.82) is 0 Å². The Morgan fingerprint density at radius 3 is 2.17 bits per heavy atom. The molecule has 0 fully saturated rings. The molecule has 2 rings (SSSR count). The van der Waals surface area contributed by atoms with Crippen molar-refractivity contribution in [2.24, 2.45) is 0 Å². The van der Waals surface area contributed by atoms with Gasteiger partial charge in [-0.3, -0.25) is 14.8 Å². The molecule has 24 heavy (non-hydrogen) atoms. The summed E-state index contributed by atoms with van der Waals surface area (Å²) in [7, 11) is -4.67. The van der Waals surface area contributed by atoms with Crippen LogP contribution in [0.4, 0.5) is 24.5 Å². The summed E-state index contributed by atoms with van der Waals surface area (Å²) in [5.41, 5.74) is -1.59. The molecule has 0 amide bonds. The van der Waals surface area contributed by atoms with Gasteiger partial charge in [0.25, 0.3) is 15.7 Å². The molecule has 12 heteroatoms. The summed E-state index contributed by atoms with van der Waals surface area (Å²) in [6.45, 7) is 0. The van der Waals surface area contributed by atoms with Gasteiger partial charge in [-0.2, -0.15) is 0 Å². The van der Waals surface area contributed by atoms with E-state index in [9.17, 15) is 31.7 Å². The topological polar surface area (TPSA) is 89.3 Å². The first-order chi connectivity index (χ1) is 11.0. The smallest absolute Gasteiger partial charge is 0.272 e. The van der Waals surface area contributed by atoms with Crippen LogP contribution < -0.4 is 4.72 Å². The lowest BCUT2D eigenvalue weighted by Gasteiger charge is -2.11. The molecule has 6 nitrogen and oxygen atoms in total. The minimum Gasteiger partial charge on any atom is -0.276 e. The highest BCUT2D eigenvalue weighted by Gasteiger charge is 2.26. The Morgan fingerprint density at radius 2 is 1.58 bits per heavy atom. The summed E-state index contributed by atoms with van der Waals surface area (Å²) >= 11 is 11.4. The fourth-order valence-electron chi connectivity index (χ4n) is 1.65. The SMILES string of the molecule is O=[N+]([O-])c1cc(Cl)c(Cl)c(S(=O)(=O)Nc2cc(F)c(F)cc2F)c1. The van der Waals surface area contributed by atoms with Crippen LogP contribution in [0.2, 0.25) is 10.0 Å². The van der Waals surface area contributed by atoms with Crippen LogP contribution in [0.5, 0.6) is 0 Å². The number of non-ortho nitro benzene ring substituents is 1. The van der Waals surface area contributed by atoms with Crippen molar-refractivity contribution in [2.75, 3.05) is 4.72 Å². The predicted molar refractivity (Wildman–Crippen MR) is 80.2 cm³/mol. The van der Waals surface area contributed by atoms with Gasteiger partial charge >= 0.3 is 0 Å². The molecule has 128 valence electrons. The summed E-state index contributed by atoms with van der Waals surface area (Å²) in [6.07, 6.45) is 0. The highest BCUT2D eigenvalue weighted by Crippen LogP contribution is 2.35. The van der Waals surface area contributed by atoms with Crippen LogP contribution in [0, 0.1) is 27.6 Å². The number of hydrogen-bond donors (Lipinski definition) is 1. The maximum Gasteiger partial charge on any atom is 0.272 e. The minimum absolute atomic E-state index is 0.134. The molecule has 0 bridgehead atoms. The number of benzene rings is 2. The highest BCUT2D eigenvalue weighted by molar-refractivity contribution is 7.92. The van der Waals surface area contributed by atoms with Gasteiger partial charge in [-0.1, -0.05) is 23.2 Å². The molecule has 0 aliphatic rings. The number of rotatable bonds is 4. The number of nitrogens with zero attached hydrogens (tertiary/aromatic N) is 1. The number of hydrogen-bond acceptors (Lipinski definition) is 4. The van der Waals surface area contributed by atoms with E-state index in [-0.39, 0.29) is 12.1 Å². The van der Waals surface area contributed by atoms with Crippen LogP contribution >= 0.6 is 23.2 Å². The predicted octanol–water partition coefficient (Wildman–Crippen LogP) is 4.12. The summed E-state index contributed by atoms with van der Waals surface area (Å²) in [5.74, 6) is -4.42. The quantitative estimate of drug-likeness (QED) is 0.474. The van der Waals surface area contributed by atoms with E-state index >= 15 is 0 Å². The average Bonchev–Trinajstić information content (AvgIpc) is 2.46. The second-order valence-electron chi connectivity index (χ2n) is 4.35. The summed E-state index contributed by atoms with van der Waals surface area (Å²) < 4.78 is 65.7. The molecular weight excluding hydrogens is 396 g/mol. The molecule has 0 saturated carbocycles. The van der Waals surface area contributed by atoms with Crippen molar-refractivity contribution >= 4 is 44.6 Å². The van der Waals surface area contributed by atoms with Gasteiger partial charge in [-0.15, -0.1) is 0 Å². The van der Waals surface area contributed by atoms with Crippen molar-refractivity contribution in [3.8, 4) is 0 Å². The van der Waals surface area contributed by atoms with Crippen molar-refractivity contribution in [3.05, 3.63) is 61.9 Å². The Labute approximate surface area is 143 Å². The van der Waals surface area contributed by atoms with Crippen molar-refractivity contribution in [2.45, 2.75) is 4.90 Å². The Kier molecular flexibility index (Phi) is 4.92. The summed E-state index contributed by atoms with van der Waals surface area (Å²) in [4.78, 5) is 9.03. The second-order valence-corrected chi connectivity index (χ2v) is 6.78. The number of sulfonamides is 1. The van der Waals surface area contributed by atoms with Gasteiger partial charge < -0.3 is 0 Å². The van der Waals surface area contributed by atoms with Gasteiger partial charge in [0, 0.05) is 24.3 Å². The lowest BCUT2D eigenvalue weighted by Crippen LogP contribution is -2.15. The fourth-order valence-corrected chi connectivity index (χ4v) is 3.51. The molecule has 0 radical (unpaired) electrons. The van der Waals surface area contributed by atoms with Gasteiger partial charge in [0.1, 0.15) is 10.7 Å². The third-order valence-electron chi connectivity index (χ3n) is 2.73. The molecular formula is C12H5Cl2F3N2O4S. The molecule has 1 N–H and O–H groups in total. The molecule has 0 aromatic heterocycles. The molecule has 0 aliphatic carbocycles. The lowest BCUT2D eigenvalue weighted by atomic mass is 10.3. The third-order valence-corrected chi connectivity index (χ3v) is 5.04. The monoisotopic (exact) mass is 400 g/mol. The number of anilines is 1. The molecule has 0 spiro atoms. The normalized spacial score (nSPS) is 11.4. The summed E-state index contributed by atoms with van der Waals surface area (Å²) in [5, 5.41) is 9.78.